The van der Waals surface area contributed by atoms with Gasteiger partial charge in [0.05, 0.1) is 5.56 Å². The van der Waals surface area contributed by atoms with Crippen LogP contribution in [0.1, 0.15) is 34.6 Å². The van der Waals surface area contributed by atoms with Crippen LogP contribution in [0, 0.1) is 0 Å². The number of nitrogens with zero attached hydrogens (tertiary/aromatic N) is 1. The first kappa shape index (κ1) is 20.5. The number of alkyl halides is 2. The lowest BCUT2D eigenvalue weighted by Crippen LogP contribution is -2.30. The van der Waals surface area contributed by atoms with Gasteiger partial charge in [-0.1, -0.05) is 0 Å². The van der Waals surface area contributed by atoms with E-state index in [-0.39, 0.29) is 28.1 Å². The van der Waals surface area contributed by atoms with E-state index in [9.17, 15) is 23.2 Å². The Bertz CT molecular complexity index is 844. The SMILES string of the molecule is CC(=O)c1ccc(NC(=O)[C@@H](C)OC(=O)c2cccnc2SC(F)F)cc1. The van der Waals surface area contributed by atoms with Gasteiger partial charge in [0.15, 0.2) is 11.9 Å². The quantitative estimate of drug-likeness (QED) is 0.437. The van der Waals surface area contributed by atoms with E-state index < -0.39 is 23.7 Å². The van der Waals surface area contributed by atoms with Crippen LogP contribution in [0.4, 0.5) is 14.5 Å². The van der Waals surface area contributed by atoms with Crippen molar-refractivity contribution < 1.29 is 27.9 Å². The van der Waals surface area contributed by atoms with Crippen molar-refractivity contribution >= 4 is 35.1 Å². The fourth-order valence-electron chi connectivity index (χ4n) is 2.03. The number of aromatic nitrogens is 1. The number of esters is 1. The lowest BCUT2D eigenvalue weighted by molar-refractivity contribution is -0.123. The zero-order chi connectivity index (χ0) is 20.0. The maximum Gasteiger partial charge on any atom is 0.341 e. The highest BCUT2D eigenvalue weighted by molar-refractivity contribution is 7.99. The van der Waals surface area contributed by atoms with Crippen LogP contribution < -0.4 is 5.32 Å². The van der Waals surface area contributed by atoms with E-state index in [1.54, 1.807) is 24.3 Å². The number of hydrogen-bond donors (Lipinski definition) is 1. The van der Waals surface area contributed by atoms with Crippen LogP contribution >= 0.6 is 11.8 Å². The van der Waals surface area contributed by atoms with Crippen LogP contribution in [0.5, 0.6) is 0 Å². The molecule has 0 radical (unpaired) electrons. The van der Waals surface area contributed by atoms with Crippen molar-refractivity contribution in [2.24, 2.45) is 0 Å². The average molecular weight is 394 g/mol. The van der Waals surface area contributed by atoms with Gasteiger partial charge >= 0.3 is 5.97 Å². The van der Waals surface area contributed by atoms with E-state index in [1.807, 2.05) is 0 Å². The molecule has 0 unspecified atom stereocenters. The Kier molecular flexibility index (Phi) is 7.00. The molecule has 142 valence electrons. The van der Waals surface area contributed by atoms with Crippen LogP contribution in [-0.2, 0) is 9.53 Å². The number of anilines is 1. The summed E-state index contributed by atoms with van der Waals surface area (Å²) in [5, 5.41) is 2.37. The van der Waals surface area contributed by atoms with Gasteiger partial charge in [0.25, 0.3) is 11.7 Å². The third kappa shape index (κ3) is 5.85. The van der Waals surface area contributed by atoms with E-state index in [1.165, 1.54) is 32.2 Å². The summed E-state index contributed by atoms with van der Waals surface area (Å²) in [7, 11) is 0. The molecular weight excluding hydrogens is 378 g/mol. The number of ketones is 1. The zero-order valence-electron chi connectivity index (χ0n) is 14.4. The van der Waals surface area contributed by atoms with Gasteiger partial charge in [-0.25, -0.2) is 9.78 Å². The minimum Gasteiger partial charge on any atom is -0.449 e. The topological polar surface area (TPSA) is 85.4 Å². The second-order valence-electron chi connectivity index (χ2n) is 5.40. The Hall–Kier alpha value is -2.81. The molecule has 6 nitrogen and oxygen atoms in total. The molecule has 0 fully saturated rings. The van der Waals surface area contributed by atoms with E-state index >= 15 is 0 Å². The van der Waals surface area contributed by atoms with E-state index in [0.717, 1.165) is 0 Å². The van der Waals surface area contributed by atoms with Crippen LogP contribution in [0.15, 0.2) is 47.6 Å². The molecule has 0 saturated carbocycles. The number of Topliss-reactive ketones (excluding diaryl/α,β-unsaturated/α-hetero) is 1. The first-order valence-electron chi connectivity index (χ1n) is 7.80. The number of pyridine rings is 1. The lowest BCUT2D eigenvalue weighted by atomic mass is 10.1. The van der Waals surface area contributed by atoms with Gasteiger partial charge in [-0.15, -0.1) is 0 Å². The third-order valence-electron chi connectivity index (χ3n) is 3.40. The molecule has 0 aliphatic rings. The summed E-state index contributed by atoms with van der Waals surface area (Å²) < 4.78 is 30.2. The van der Waals surface area contributed by atoms with Crippen molar-refractivity contribution in [2.75, 3.05) is 5.32 Å². The highest BCUT2D eigenvalue weighted by Gasteiger charge is 2.23. The number of carbonyl (C=O) groups is 3. The molecule has 1 atom stereocenters. The number of ether oxygens (including phenoxy) is 1. The molecule has 1 amide bonds. The highest BCUT2D eigenvalue weighted by atomic mass is 32.2. The summed E-state index contributed by atoms with van der Waals surface area (Å²) in [5.41, 5.74) is 0.768. The molecule has 0 saturated heterocycles. The van der Waals surface area contributed by atoms with Gasteiger partial charge in [-0.2, -0.15) is 8.78 Å². The number of benzene rings is 1. The number of rotatable bonds is 7. The van der Waals surface area contributed by atoms with Crippen molar-refractivity contribution in [3.63, 3.8) is 0 Å². The summed E-state index contributed by atoms with van der Waals surface area (Å²) in [5.74, 6) is -4.39. The second kappa shape index (κ2) is 9.22. The standard InChI is InChI=1S/C18H16F2N2O4S/c1-10(23)12-5-7-13(8-6-12)22-15(24)11(2)26-17(25)14-4-3-9-21-16(14)27-18(19)20/h3-9,11,18H,1-2H3,(H,22,24)/t11-/m1/s1. The van der Waals surface area contributed by atoms with Crippen LogP contribution in [0.3, 0.4) is 0 Å². The predicted octanol–water partition coefficient (Wildman–Crippen LogP) is 3.78. The molecule has 1 aromatic carbocycles. The van der Waals surface area contributed by atoms with Gasteiger partial charge in [0.1, 0.15) is 5.03 Å². The molecule has 0 aliphatic heterocycles. The summed E-state index contributed by atoms with van der Waals surface area (Å²) in [6, 6.07) is 8.90. The van der Waals surface area contributed by atoms with Crippen LogP contribution in [0.2, 0.25) is 0 Å². The normalized spacial score (nSPS) is 11.7. The number of carbonyl (C=O) groups excluding carboxylic acids is 3. The number of nitrogens with one attached hydrogen (secondary N) is 1. The second-order valence-corrected chi connectivity index (χ2v) is 6.38. The summed E-state index contributed by atoms with van der Waals surface area (Å²) >= 11 is 0.122. The largest absolute Gasteiger partial charge is 0.449 e. The predicted molar refractivity (Wildman–Crippen MR) is 96.1 cm³/mol. The molecule has 2 aromatic rings. The summed E-state index contributed by atoms with van der Waals surface area (Å²) in [4.78, 5) is 39.3. The summed E-state index contributed by atoms with van der Waals surface area (Å²) in [6.07, 6.45) is 0.108. The molecule has 0 bridgehead atoms. The van der Waals surface area contributed by atoms with Gasteiger partial charge in [0.2, 0.25) is 0 Å². The number of halogens is 2. The fourth-order valence-corrected chi connectivity index (χ4v) is 2.60. The van der Waals surface area contributed by atoms with Crippen molar-refractivity contribution in [1.29, 1.82) is 0 Å². The van der Waals surface area contributed by atoms with Crippen LogP contribution in [0.25, 0.3) is 0 Å². The molecule has 9 heteroatoms. The Labute approximate surface area is 158 Å². The molecule has 0 aliphatic carbocycles. The average Bonchev–Trinajstić information content (AvgIpc) is 2.61. The Morgan fingerprint density at radius 1 is 1.15 bits per heavy atom. The molecule has 1 aromatic heterocycles. The molecule has 27 heavy (non-hydrogen) atoms. The van der Waals surface area contributed by atoms with Gasteiger partial charge in [0, 0.05) is 17.4 Å². The maximum absolute atomic E-state index is 12.6. The zero-order valence-corrected chi connectivity index (χ0v) is 15.3. The number of thioether (sulfide) groups is 1. The maximum atomic E-state index is 12.6. The van der Waals surface area contributed by atoms with Crippen molar-refractivity contribution in [2.45, 2.75) is 30.7 Å². The van der Waals surface area contributed by atoms with Crippen molar-refractivity contribution in [3.8, 4) is 0 Å². The Morgan fingerprint density at radius 3 is 2.41 bits per heavy atom. The van der Waals surface area contributed by atoms with Crippen molar-refractivity contribution in [3.05, 3.63) is 53.7 Å². The Morgan fingerprint density at radius 2 is 1.81 bits per heavy atom. The van der Waals surface area contributed by atoms with Gasteiger partial charge < -0.3 is 10.1 Å². The monoisotopic (exact) mass is 394 g/mol. The van der Waals surface area contributed by atoms with E-state index in [2.05, 4.69) is 10.3 Å². The lowest BCUT2D eigenvalue weighted by Gasteiger charge is -2.14. The molecule has 2 rings (SSSR count). The smallest absolute Gasteiger partial charge is 0.341 e. The van der Waals surface area contributed by atoms with E-state index in [0.29, 0.717) is 11.3 Å². The minimum absolute atomic E-state index is 0.107. The van der Waals surface area contributed by atoms with Gasteiger partial charge in [-0.05, 0) is 62.0 Å². The van der Waals surface area contributed by atoms with Crippen molar-refractivity contribution in [1.82, 2.24) is 4.98 Å². The van der Waals surface area contributed by atoms with Crippen LogP contribution in [-0.4, -0.2) is 34.5 Å². The molecule has 1 heterocycles. The number of amides is 1. The van der Waals surface area contributed by atoms with Gasteiger partial charge in [-0.3, -0.25) is 9.59 Å². The highest BCUT2D eigenvalue weighted by Crippen LogP contribution is 2.27. The number of hydrogen-bond acceptors (Lipinski definition) is 6. The molecule has 1 N–H and O–H groups in total. The first-order chi connectivity index (χ1) is 12.8. The molecule has 0 spiro atoms. The minimum atomic E-state index is -2.75. The first-order valence-corrected chi connectivity index (χ1v) is 8.68. The third-order valence-corrected chi connectivity index (χ3v) is 4.13. The fraction of sp³-hybridized carbons (Fsp3) is 0.222. The molecular formula is C18H16F2N2O4S. The summed E-state index contributed by atoms with van der Waals surface area (Å²) in [6.45, 7) is 2.78. The Balaban J connectivity index is 2.01. The van der Waals surface area contributed by atoms with E-state index in [4.69, 9.17) is 4.74 Å².